The molecule has 0 bridgehead atoms. The molecule has 1 aromatic heterocycles. The number of thioether (sulfide) groups is 1. The maximum Gasteiger partial charge on any atom is 0.0902 e. The van der Waals surface area contributed by atoms with Gasteiger partial charge in [0, 0.05) is 26.1 Å². The SMILES string of the molecule is Cc1ccc(SCC(O)c2cscc2Br)cc1. The Morgan fingerprint density at radius 3 is 2.59 bits per heavy atom. The molecule has 0 aliphatic rings. The largest absolute Gasteiger partial charge is 0.387 e. The van der Waals surface area contributed by atoms with Crippen molar-refractivity contribution in [2.75, 3.05) is 5.75 Å². The second-order valence-corrected chi connectivity index (χ2v) is 6.51. The number of hydrogen-bond acceptors (Lipinski definition) is 3. The molecular formula is C13H13BrOS2. The molecule has 2 aromatic rings. The van der Waals surface area contributed by atoms with E-state index in [1.807, 2.05) is 10.8 Å². The summed E-state index contributed by atoms with van der Waals surface area (Å²) in [5.41, 5.74) is 2.24. The maximum absolute atomic E-state index is 10.1. The van der Waals surface area contributed by atoms with E-state index in [2.05, 4.69) is 47.1 Å². The van der Waals surface area contributed by atoms with E-state index in [1.54, 1.807) is 23.1 Å². The summed E-state index contributed by atoms with van der Waals surface area (Å²) in [7, 11) is 0. The molecule has 1 nitrogen and oxygen atoms in total. The monoisotopic (exact) mass is 328 g/mol. The van der Waals surface area contributed by atoms with Gasteiger partial charge in [0.25, 0.3) is 0 Å². The minimum atomic E-state index is -0.415. The summed E-state index contributed by atoms with van der Waals surface area (Å²) in [5, 5.41) is 14.0. The molecule has 0 saturated heterocycles. The molecular weight excluding hydrogens is 316 g/mol. The molecule has 1 heterocycles. The van der Waals surface area contributed by atoms with Crippen molar-refractivity contribution in [3.05, 3.63) is 50.6 Å². The van der Waals surface area contributed by atoms with Crippen molar-refractivity contribution in [3.63, 3.8) is 0 Å². The highest BCUT2D eigenvalue weighted by Gasteiger charge is 2.12. The predicted molar refractivity (Wildman–Crippen MR) is 78.9 cm³/mol. The summed E-state index contributed by atoms with van der Waals surface area (Å²) < 4.78 is 1.000. The molecule has 1 aromatic carbocycles. The van der Waals surface area contributed by atoms with Crippen molar-refractivity contribution >= 4 is 39.0 Å². The predicted octanol–water partition coefficient (Wildman–Crippen LogP) is 4.64. The van der Waals surface area contributed by atoms with E-state index in [0.29, 0.717) is 5.75 Å². The Hall–Kier alpha value is -0.290. The molecule has 2 rings (SSSR count). The van der Waals surface area contributed by atoms with Crippen LogP contribution >= 0.6 is 39.0 Å². The molecule has 0 radical (unpaired) electrons. The Bertz CT molecular complexity index is 478. The van der Waals surface area contributed by atoms with Gasteiger partial charge >= 0.3 is 0 Å². The molecule has 0 aliphatic heterocycles. The van der Waals surface area contributed by atoms with Gasteiger partial charge in [-0.25, -0.2) is 0 Å². The third-order valence-electron chi connectivity index (χ3n) is 2.43. The Kier molecular flexibility index (Phi) is 4.68. The number of hydrogen-bond donors (Lipinski definition) is 1. The summed E-state index contributed by atoms with van der Waals surface area (Å²) in [6, 6.07) is 8.37. The van der Waals surface area contributed by atoms with Crippen molar-refractivity contribution in [1.82, 2.24) is 0 Å². The number of aliphatic hydroxyl groups is 1. The summed E-state index contributed by atoms with van der Waals surface area (Å²) in [4.78, 5) is 1.20. The zero-order chi connectivity index (χ0) is 12.3. The van der Waals surface area contributed by atoms with E-state index in [-0.39, 0.29) is 0 Å². The van der Waals surface area contributed by atoms with Gasteiger partial charge in [0.15, 0.2) is 0 Å². The first-order chi connectivity index (χ1) is 8.16. The van der Waals surface area contributed by atoms with Gasteiger partial charge in [0.1, 0.15) is 0 Å². The Labute approximate surface area is 118 Å². The van der Waals surface area contributed by atoms with Gasteiger partial charge in [-0.1, -0.05) is 17.7 Å². The van der Waals surface area contributed by atoms with Crippen molar-refractivity contribution in [1.29, 1.82) is 0 Å². The van der Waals surface area contributed by atoms with Gasteiger partial charge in [0.2, 0.25) is 0 Å². The van der Waals surface area contributed by atoms with E-state index in [0.717, 1.165) is 10.0 Å². The fraction of sp³-hybridized carbons (Fsp3) is 0.231. The molecule has 90 valence electrons. The minimum Gasteiger partial charge on any atom is -0.387 e. The average Bonchev–Trinajstić information content (AvgIpc) is 2.74. The fourth-order valence-electron chi connectivity index (χ4n) is 1.43. The van der Waals surface area contributed by atoms with Gasteiger partial charge in [-0.2, -0.15) is 11.3 Å². The Morgan fingerprint density at radius 2 is 2.00 bits per heavy atom. The first-order valence-corrected chi connectivity index (χ1v) is 7.98. The smallest absolute Gasteiger partial charge is 0.0902 e. The van der Waals surface area contributed by atoms with E-state index >= 15 is 0 Å². The third-order valence-corrected chi connectivity index (χ3v) is 5.27. The molecule has 1 unspecified atom stereocenters. The van der Waals surface area contributed by atoms with Gasteiger partial charge in [-0.3, -0.25) is 0 Å². The van der Waals surface area contributed by atoms with Crippen LogP contribution in [0.3, 0.4) is 0 Å². The highest BCUT2D eigenvalue weighted by molar-refractivity contribution is 9.10. The van der Waals surface area contributed by atoms with E-state index in [4.69, 9.17) is 0 Å². The first-order valence-electron chi connectivity index (χ1n) is 5.26. The topological polar surface area (TPSA) is 20.2 Å². The zero-order valence-electron chi connectivity index (χ0n) is 9.39. The van der Waals surface area contributed by atoms with Crippen LogP contribution in [-0.2, 0) is 0 Å². The standard InChI is InChI=1S/C13H13BrOS2/c1-9-2-4-10(5-3-9)17-8-13(15)11-6-16-7-12(11)14/h2-7,13,15H,8H2,1H3. The maximum atomic E-state index is 10.1. The molecule has 0 fully saturated rings. The molecule has 4 heteroatoms. The third kappa shape index (κ3) is 3.58. The van der Waals surface area contributed by atoms with Crippen molar-refractivity contribution in [3.8, 4) is 0 Å². The van der Waals surface area contributed by atoms with Crippen LogP contribution < -0.4 is 0 Å². The van der Waals surface area contributed by atoms with E-state index in [9.17, 15) is 5.11 Å². The van der Waals surface area contributed by atoms with Gasteiger partial charge in [0.05, 0.1) is 6.10 Å². The minimum absolute atomic E-state index is 0.415. The average molecular weight is 329 g/mol. The van der Waals surface area contributed by atoms with E-state index < -0.39 is 6.10 Å². The number of aryl methyl sites for hydroxylation is 1. The van der Waals surface area contributed by atoms with Crippen LogP contribution in [0.2, 0.25) is 0 Å². The summed E-state index contributed by atoms with van der Waals surface area (Å²) in [6.45, 7) is 2.08. The summed E-state index contributed by atoms with van der Waals surface area (Å²) >= 11 is 6.72. The Morgan fingerprint density at radius 1 is 1.29 bits per heavy atom. The quantitative estimate of drug-likeness (QED) is 0.824. The number of thiophene rings is 1. The molecule has 0 spiro atoms. The van der Waals surface area contributed by atoms with Gasteiger partial charge < -0.3 is 5.11 Å². The number of halogens is 1. The van der Waals surface area contributed by atoms with Gasteiger partial charge in [-0.05, 0) is 40.4 Å². The van der Waals surface area contributed by atoms with Crippen LogP contribution in [0.4, 0.5) is 0 Å². The second kappa shape index (κ2) is 6.05. The molecule has 0 saturated carbocycles. The lowest BCUT2D eigenvalue weighted by Gasteiger charge is -2.09. The molecule has 0 aliphatic carbocycles. The second-order valence-electron chi connectivity index (χ2n) is 3.81. The summed E-state index contributed by atoms with van der Waals surface area (Å²) in [5.74, 6) is 0.679. The molecule has 1 atom stereocenters. The van der Waals surface area contributed by atoms with Crippen molar-refractivity contribution in [2.45, 2.75) is 17.9 Å². The van der Waals surface area contributed by atoms with Crippen molar-refractivity contribution < 1.29 is 5.11 Å². The summed E-state index contributed by atoms with van der Waals surface area (Å²) in [6.07, 6.45) is -0.415. The zero-order valence-corrected chi connectivity index (χ0v) is 12.6. The highest BCUT2D eigenvalue weighted by Crippen LogP contribution is 2.31. The molecule has 17 heavy (non-hydrogen) atoms. The lowest BCUT2D eigenvalue weighted by molar-refractivity contribution is 0.204. The van der Waals surface area contributed by atoms with Crippen LogP contribution in [0.15, 0.2) is 44.4 Å². The van der Waals surface area contributed by atoms with Crippen LogP contribution in [0.5, 0.6) is 0 Å². The fourth-order valence-corrected chi connectivity index (χ4v) is 3.90. The van der Waals surface area contributed by atoms with Gasteiger partial charge in [-0.15, -0.1) is 11.8 Å². The highest BCUT2D eigenvalue weighted by atomic mass is 79.9. The van der Waals surface area contributed by atoms with E-state index in [1.165, 1.54) is 10.5 Å². The number of aliphatic hydroxyl groups excluding tert-OH is 1. The normalized spacial score (nSPS) is 12.6. The molecule has 1 N–H and O–H groups in total. The lowest BCUT2D eigenvalue weighted by atomic mass is 10.2. The molecule has 0 amide bonds. The van der Waals surface area contributed by atoms with Crippen molar-refractivity contribution in [2.24, 2.45) is 0 Å². The number of rotatable bonds is 4. The lowest BCUT2D eigenvalue weighted by Crippen LogP contribution is -1.99. The first kappa shape index (κ1) is 13.1. The number of benzene rings is 1. The van der Waals surface area contributed by atoms with Crippen LogP contribution in [0.1, 0.15) is 17.2 Å². The van der Waals surface area contributed by atoms with Crippen LogP contribution in [0.25, 0.3) is 0 Å². The van der Waals surface area contributed by atoms with Crippen LogP contribution in [-0.4, -0.2) is 10.9 Å². The Balaban J connectivity index is 1.94. The van der Waals surface area contributed by atoms with Crippen LogP contribution in [0, 0.1) is 6.92 Å².